The van der Waals surface area contributed by atoms with Gasteiger partial charge in [-0.2, -0.15) is 0 Å². The van der Waals surface area contributed by atoms with E-state index in [4.69, 9.17) is 28.8 Å². The van der Waals surface area contributed by atoms with Crippen LogP contribution in [0.4, 0.5) is 0 Å². The number of nitrogens with one attached hydrogen (secondary N) is 1. The average molecular weight is 475 g/mol. The number of ether oxygens (including phenoxy) is 2. The van der Waals surface area contributed by atoms with E-state index in [9.17, 15) is 18.9 Å². The third-order valence-electron chi connectivity index (χ3n) is 5.40. The summed E-state index contributed by atoms with van der Waals surface area (Å²) in [6.07, 6.45) is -1.39. The monoisotopic (exact) mass is 475 g/mol. The fourth-order valence-electron chi connectivity index (χ4n) is 3.50. The highest BCUT2D eigenvalue weighted by molar-refractivity contribution is 7.48. The molecule has 0 radical (unpaired) electrons. The molecular formula is C19H30N3O9P. The number of aromatic nitrogens is 2. The Labute approximate surface area is 184 Å². The molecule has 5 atom stereocenters. The van der Waals surface area contributed by atoms with Crippen LogP contribution in [0.25, 0.3) is 0 Å². The van der Waals surface area contributed by atoms with E-state index < -0.39 is 54.4 Å². The van der Waals surface area contributed by atoms with Gasteiger partial charge >= 0.3 is 19.5 Å². The molecule has 0 saturated carbocycles. The van der Waals surface area contributed by atoms with Crippen molar-refractivity contribution in [3.8, 4) is 0 Å². The van der Waals surface area contributed by atoms with Crippen LogP contribution in [0.15, 0.2) is 21.9 Å². The van der Waals surface area contributed by atoms with Crippen LogP contribution < -0.4 is 17.0 Å². The van der Waals surface area contributed by atoms with Crippen molar-refractivity contribution in [2.24, 2.45) is 11.1 Å². The first-order valence-electron chi connectivity index (χ1n) is 10.3. The maximum Gasteiger partial charge on any atom is 0.475 e. The number of carbonyl (C=O) groups is 1. The molecule has 1 aromatic heterocycles. The highest BCUT2D eigenvalue weighted by Crippen LogP contribution is 2.58. The molecule has 12 nitrogen and oxygen atoms in total. The maximum atomic E-state index is 13.0. The molecule has 3 heterocycles. The smallest absolute Gasteiger partial charge is 0.463 e. The Morgan fingerprint density at radius 1 is 1.44 bits per heavy atom. The minimum Gasteiger partial charge on any atom is -0.463 e. The molecule has 13 heteroatoms. The van der Waals surface area contributed by atoms with E-state index in [2.05, 4.69) is 4.98 Å². The predicted octanol–water partition coefficient (Wildman–Crippen LogP) is 1.06. The van der Waals surface area contributed by atoms with Crippen molar-refractivity contribution in [1.29, 1.82) is 0 Å². The van der Waals surface area contributed by atoms with Crippen LogP contribution >= 0.6 is 7.82 Å². The first-order chi connectivity index (χ1) is 14.7. The van der Waals surface area contributed by atoms with Crippen LogP contribution in [0.1, 0.15) is 47.3 Å². The zero-order valence-corrected chi connectivity index (χ0v) is 19.6. The number of carbonyl (C=O) groups excluding carboxylic acids is 1. The molecule has 2 aliphatic heterocycles. The van der Waals surface area contributed by atoms with E-state index >= 15 is 0 Å². The Morgan fingerprint density at radius 2 is 2.12 bits per heavy atom. The van der Waals surface area contributed by atoms with Gasteiger partial charge in [-0.15, -0.1) is 0 Å². The zero-order chi connectivity index (χ0) is 23.9. The number of phosphoric acid groups is 1. The largest absolute Gasteiger partial charge is 0.475 e. The normalized spacial score (nSPS) is 32.7. The van der Waals surface area contributed by atoms with Crippen LogP contribution in [0, 0.1) is 5.41 Å². The lowest BCUT2D eigenvalue weighted by atomic mass is 9.90. The zero-order valence-electron chi connectivity index (χ0n) is 18.7. The fraction of sp³-hybridized carbons (Fsp3) is 0.737. The van der Waals surface area contributed by atoms with Gasteiger partial charge in [-0.05, 0) is 41.0 Å². The van der Waals surface area contributed by atoms with Gasteiger partial charge in [0.25, 0.3) is 5.56 Å². The molecule has 0 bridgehead atoms. The van der Waals surface area contributed by atoms with E-state index in [0.29, 0.717) is 0 Å². The molecule has 3 rings (SSSR count). The fourth-order valence-corrected chi connectivity index (χ4v) is 4.98. The predicted molar refractivity (Wildman–Crippen MR) is 112 cm³/mol. The van der Waals surface area contributed by atoms with Crippen LogP contribution in [0.5, 0.6) is 0 Å². The van der Waals surface area contributed by atoms with Crippen LogP contribution in [0.3, 0.4) is 0 Å². The van der Waals surface area contributed by atoms with Gasteiger partial charge in [0, 0.05) is 12.3 Å². The number of H-pyrrole nitrogens is 1. The number of hydrogen-bond donors (Lipinski definition) is 2. The molecule has 0 aromatic carbocycles. The highest BCUT2D eigenvalue weighted by atomic mass is 31.2. The summed E-state index contributed by atoms with van der Waals surface area (Å²) in [4.78, 5) is 37.9. The summed E-state index contributed by atoms with van der Waals surface area (Å²) >= 11 is 0. The van der Waals surface area contributed by atoms with Gasteiger partial charge in [-0.1, -0.05) is 0 Å². The number of fused-ring (bicyclic) bond motifs is 1. The number of aromatic amines is 1. The Bertz CT molecular complexity index is 1020. The minimum absolute atomic E-state index is 0.0835. The van der Waals surface area contributed by atoms with Crippen molar-refractivity contribution in [2.75, 3.05) is 13.2 Å². The molecule has 1 aromatic rings. The van der Waals surface area contributed by atoms with Gasteiger partial charge in [-0.25, -0.2) is 9.36 Å². The second-order valence-corrected chi connectivity index (χ2v) is 10.7. The summed E-state index contributed by atoms with van der Waals surface area (Å²) in [5, 5.41) is 0. The molecule has 32 heavy (non-hydrogen) atoms. The van der Waals surface area contributed by atoms with Crippen molar-refractivity contribution in [3.63, 3.8) is 0 Å². The van der Waals surface area contributed by atoms with Crippen LogP contribution in [-0.4, -0.2) is 52.6 Å². The quantitative estimate of drug-likeness (QED) is 0.431. The molecule has 0 spiro atoms. The number of phosphoric ester groups is 1. The van der Waals surface area contributed by atoms with E-state index in [1.807, 2.05) is 0 Å². The molecule has 2 saturated heterocycles. The Hall–Kier alpha value is -1.82. The summed E-state index contributed by atoms with van der Waals surface area (Å²) in [6, 6.07) is 1.17. The van der Waals surface area contributed by atoms with Crippen molar-refractivity contribution in [1.82, 2.24) is 9.55 Å². The van der Waals surface area contributed by atoms with E-state index in [1.165, 1.54) is 12.3 Å². The summed E-state index contributed by atoms with van der Waals surface area (Å²) in [5.41, 5.74) is 3.01. The number of hydrogen-bond acceptors (Lipinski definition) is 10. The number of rotatable bonds is 7. The lowest BCUT2D eigenvalue weighted by Gasteiger charge is -2.36. The molecule has 2 fully saturated rings. The summed E-state index contributed by atoms with van der Waals surface area (Å²) < 4.78 is 41.6. The Morgan fingerprint density at radius 3 is 2.75 bits per heavy atom. The molecule has 2 aliphatic rings. The first kappa shape index (κ1) is 24.8. The van der Waals surface area contributed by atoms with Crippen molar-refractivity contribution >= 4 is 13.8 Å². The van der Waals surface area contributed by atoms with Gasteiger partial charge in [-0.3, -0.25) is 32.7 Å². The van der Waals surface area contributed by atoms with Crippen LogP contribution in [-0.2, 0) is 32.4 Å². The molecule has 0 amide bonds. The Kier molecular flexibility index (Phi) is 6.86. The van der Waals surface area contributed by atoms with Gasteiger partial charge in [0.05, 0.1) is 30.3 Å². The summed E-state index contributed by atoms with van der Waals surface area (Å²) in [7, 11) is -4.00. The summed E-state index contributed by atoms with van der Waals surface area (Å²) in [5.74, 6) is -0.396. The van der Waals surface area contributed by atoms with E-state index in [1.54, 1.807) is 34.6 Å². The van der Waals surface area contributed by atoms with Gasteiger partial charge in [0.1, 0.15) is 12.2 Å². The SMILES string of the molecule is CC(C)OC(=O)C(C)(C)CCO[P@@]1(=O)OC[C@H]2O[C@@H](n3ccc(=O)[nH]c3=O)[C@](C)(N)[C@@H]2O1. The van der Waals surface area contributed by atoms with Crippen molar-refractivity contribution in [2.45, 2.75) is 71.1 Å². The number of nitrogens with two attached hydrogens (primary N) is 1. The minimum atomic E-state index is -4.00. The highest BCUT2D eigenvalue weighted by Gasteiger charge is 2.59. The van der Waals surface area contributed by atoms with Gasteiger partial charge < -0.3 is 15.2 Å². The van der Waals surface area contributed by atoms with Crippen molar-refractivity contribution < 1.29 is 32.4 Å². The third-order valence-corrected chi connectivity index (χ3v) is 6.85. The topological polar surface area (TPSA) is 161 Å². The van der Waals surface area contributed by atoms with E-state index in [0.717, 1.165) is 4.57 Å². The van der Waals surface area contributed by atoms with Gasteiger partial charge in [0.15, 0.2) is 6.23 Å². The molecule has 0 aliphatic carbocycles. The number of nitrogens with zero attached hydrogens (tertiary/aromatic N) is 1. The van der Waals surface area contributed by atoms with E-state index in [-0.39, 0.29) is 25.7 Å². The average Bonchev–Trinajstić information content (AvgIpc) is 2.91. The number of esters is 1. The van der Waals surface area contributed by atoms with Crippen LogP contribution in [0.2, 0.25) is 0 Å². The lowest BCUT2D eigenvalue weighted by Crippen LogP contribution is -2.55. The maximum absolute atomic E-state index is 13.0. The molecule has 3 N–H and O–H groups in total. The first-order valence-corrected chi connectivity index (χ1v) is 11.8. The summed E-state index contributed by atoms with van der Waals surface area (Å²) in [6.45, 7) is 8.27. The van der Waals surface area contributed by atoms with Gasteiger partial charge in [0.2, 0.25) is 0 Å². The second-order valence-electron chi connectivity index (χ2n) is 9.10. The lowest BCUT2D eigenvalue weighted by molar-refractivity contribution is -0.158. The molecule has 0 unspecified atom stereocenters. The second kappa shape index (κ2) is 8.85. The molecule has 180 valence electrons. The molecular weight excluding hydrogens is 445 g/mol. The standard InChI is InChI=1S/C19H30N3O9P/c1-11(2)29-16(24)18(3,4)7-9-27-32(26)28-10-12-14(31-32)19(5,20)15(30-12)22-8-6-13(23)21-17(22)25/h6,8,11-12,14-15H,7,9-10,20H2,1-5H3,(H,21,23,25)/t12-,14-,15-,19-,32+/m1/s1. The Balaban J connectivity index is 1.67. The van der Waals surface area contributed by atoms with Crippen molar-refractivity contribution in [3.05, 3.63) is 33.1 Å². The third kappa shape index (κ3) is 5.05.